The molecule has 0 N–H and O–H groups in total. The molecule has 1 aromatic rings. The highest BCUT2D eigenvalue weighted by Gasteiger charge is 2.37. The summed E-state index contributed by atoms with van der Waals surface area (Å²) in [5.41, 5.74) is 0.343. The van der Waals surface area contributed by atoms with Crippen molar-refractivity contribution in [1.82, 2.24) is 9.91 Å². The first-order valence-electron chi connectivity index (χ1n) is 8.46. The van der Waals surface area contributed by atoms with Crippen LogP contribution >= 0.6 is 11.6 Å². The van der Waals surface area contributed by atoms with Gasteiger partial charge >= 0.3 is 0 Å². The van der Waals surface area contributed by atoms with Crippen LogP contribution in [-0.2, 0) is 26.0 Å². The van der Waals surface area contributed by atoms with Crippen LogP contribution in [0.5, 0.6) is 0 Å². The molecule has 2 aliphatic rings. The van der Waals surface area contributed by atoms with Crippen LogP contribution in [0.1, 0.15) is 24.8 Å². The smallest absolute Gasteiger partial charge is 0.270 e. The van der Waals surface area contributed by atoms with E-state index in [2.05, 4.69) is 5.10 Å². The zero-order valence-electron chi connectivity index (χ0n) is 14.7. The van der Waals surface area contributed by atoms with Crippen LogP contribution in [0.25, 0.3) is 0 Å². The number of hydrogen-bond donors (Lipinski definition) is 0. The monoisotopic (exact) mass is 415 g/mol. The molecule has 1 aromatic carbocycles. The van der Waals surface area contributed by atoms with Crippen LogP contribution in [0.3, 0.4) is 0 Å². The number of sulfone groups is 1. The number of amides is 2. The second-order valence-electron chi connectivity index (χ2n) is 6.70. The fourth-order valence-corrected chi connectivity index (χ4v) is 5.11. The molecule has 1 fully saturated rings. The number of nitrogens with zero attached hydrogens (tertiary/aromatic N) is 3. The zero-order chi connectivity index (χ0) is 19.8. The minimum absolute atomic E-state index is 0.00589. The Hall–Kier alpha value is -2.00. The molecule has 2 aliphatic heterocycles. The molecule has 0 aromatic heterocycles. The van der Waals surface area contributed by atoms with Gasteiger partial charge in [0.25, 0.3) is 5.91 Å². The molecule has 0 bridgehead atoms. The SMILES string of the molecule is CN(Cc1c(F)cccc1Cl)C(=O)C1=NN([C@@H]2CCS(=O)(=O)C2)C(=O)CC1. The molecular weight excluding hydrogens is 397 g/mol. The van der Waals surface area contributed by atoms with E-state index in [1.54, 1.807) is 0 Å². The van der Waals surface area contributed by atoms with Crippen LogP contribution in [-0.4, -0.2) is 60.4 Å². The lowest BCUT2D eigenvalue weighted by Crippen LogP contribution is -2.44. The van der Waals surface area contributed by atoms with Crippen molar-refractivity contribution in [2.45, 2.75) is 31.8 Å². The van der Waals surface area contributed by atoms with E-state index >= 15 is 0 Å². The summed E-state index contributed by atoms with van der Waals surface area (Å²) in [6.45, 7) is -0.0465. The summed E-state index contributed by atoms with van der Waals surface area (Å²) in [7, 11) is -1.69. The molecular formula is C17H19ClFN3O4S. The largest absolute Gasteiger partial charge is 0.336 e. The van der Waals surface area contributed by atoms with E-state index in [1.165, 1.54) is 30.1 Å². The number of hydrogen-bond acceptors (Lipinski definition) is 5. The molecule has 2 heterocycles. The summed E-state index contributed by atoms with van der Waals surface area (Å²) >= 11 is 6.00. The minimum Gasteiger partial charge on any atom is -0.336 e. The fourth-order valence-electron chi connectivity index (χ4n) is 3.19. The Labute approximate surface area is 161 Å². The van der Waals surface area contributed by atoms with Crippen LogP contribution < -0.4 is 0 Å². The molecule has 1 saturated heterocycles. The lowest BCUT2D eigenvalue weighted by molar-refractivity contribution is -0.134. The van der Waals surface area contributed by atoms with Crippen molar-refractivity contribution < 1.29 is 22.4 Å². The van der Waals surface area contributed by atoms with E-state index in [0.717, 1.165) is 5.01 Å². The van der Waals surface area contributed by atoms with Gasteiger partial charge in [0.05, 0.1) is 24.1 Å². The molecule has 0 spiro atoms. The van der Waals surface area contributed by atoms with Gasteiger partial charge in [-0.05, 0) is 18.6 Å². The predicted octanol–water partition coefficient (Wildman–Crippen LogP) is 1.60. The van der Waals surface area contributed by atoms with Gasteiger partial charge in [0, 0.05) is 30.5 Å². The fraction of sp³-hybridized carbons (Fsp3) is 0.471. The molecule has 1 atom stereocenters. The molecule has 0 radical (unpaired) electrons. The molecule has 10 heteroatoms. The highest BCUT2D eigenvalue weighted by molar-refractivity contribution is 7.91. The van der Waals surface area contributed by atoms with Crippen molar-refractivity contribution in [3.8, 4) is 0 Å². The van der Waals surface area contributed by atoms with Gasteiger partial charge in [-0.15, -0.1) is 0 Å². The second kappa shape index (κ2) is 7.55. The molecule has 146 valence electrons. The van der Waals surface area contributed by atoms with Crippen molar-refractivity contribution in [3.63, 3.8) is 0 Å². The Morgan fingerprint density at radius 3 is 2.78 bits per heavy atom. The third kappa shape index (κ3) is 4.30. The average molecular weight is 416 g/mol. The van der Waals surface area contributed by atoms with E-state index in [4.69, 9.17) is 11.6 Å². The third-order valence-corrected chi connectivity index (χ3v) is 6.77. The first-order chi connectivity index (χ1) is 12.7. The Morgan fingerprint density at radius 2 is 2.15 bits per heavy atom. The van der Waals surface area contributed by atoms with E-state index in [9.17, 15) is 22.4 Å². The highest BCUT2D eigenvalue weighted by Crippen LogP contribution is 2.24. The van der Waals surface area contributed by atoms with Crippen molar-refractivity contribution >= 4 is 39.0 Å². The molecule has 7 nitrogen and oxygen atoms in total. The van der Waals surface area contributed by atoms with Crippen LogP contribution in [0, 0.1) is 5.82 Å². The molecule has 3 rings (SSSR count). The highest BCUT2D eigenvalue weighted by atomic mass is 35.5. The average Bonchev–Trinajstić information content (AvgIpc) is 2.97. The van der Waals surface area contributed by atoms with Gasteiger partial charge < -0.3 is 4.90 Å². The summed E-state index contributed by atoms with van der Waals surface area (Å²) in [4.78, 5) is 26.1. The van der Waals surface area contributed by atoms with E-state index < -0.39 is 27.6 Å². The molecule has 0 unspecified atom stereocenters. The second-order valence-corrected chi connectivity index (χ2v) is 9.34. The van der Waals surface area contributed by atoms with Gasteiger partial charge in [-0.1, -0.05) is 17.7 Å². The Morgan fingerprint density at radius 1 is 1.41 bits per heavy atom. The number of halogens is 2. The summed E-state index contributed by atoms with van der Waals surface area (Å²) in [5, 5.41) is 5.48. The van der Waals surface area contributed by atoms with Crippen LogP contribution in [0.4, 0.5) is 4.39 Å². The van der Waals surface area contributed by atoms with E-state index in [0.29, 0.717) is 6.42 Å². The third-order valence-electron chi connectivity index (χ3n) is 4.66. The Kier molecular flexibility index (Phi) is 5.53. The zero-order valence-corrected chi connectivity index (χ0v) is 16.3. The molecule has 0 aliphatic carbocycles. The van der Waals surface area contributed by atoms with Crippen LogP contribution in [0.15, 0.2) is 23.3 Å². The number of carbonyl (C=O) groups excluding carboxylic acids is 2. The topological polar surface area (TPSA) is 87.1 Å². The lowest BCUT2D eigenvalue weighted by atomic mass is 10.1. The van der Waals surface area contributed by atoms with Gasteiger partial charge in [0.1, 0.15) is 11.5 Å². The summed E-state index contributed by atoms with van der Waals surface area (Å²) < 4.78 is 37.3. The van der Waals surface area contributed by atoms with E-state index in [-0.39, 0.29) is 53.1 Å². The molecule has 0 saturated carbocycles. The standard InChI is InChI=1S/C17H19ClFN3O4S/c1-21(9-12-13(18)3-2-4-14(12)19)17(24)15-5-6-16(23)22(20-15)11-7-8-27(25,26)10-11/h2-4,11H,5-10H2,1H3/t11-/m1/s1. The van der Waals surface area contributed by atoms with E-state index in [1.807, 2.05) is 0 Å². The Bertz CT molecular complexity index is 899. The Balaban J connectivity index is 1.77. The maximum absolute atomic E-state index is 13.9. The van der Waals surface area contributed by atoms with Crippen molar-refractivity contribution in [1.29, 1.82) is 0 Å². The quantitative estimate of drug-likeness (QED) is 0.747. The van der Waals surface area contributed by atoms with Crippen molar-refractivity contribution in [2.24, 2.45) is 5.10 Å². The molecule has 27 heavy (non-hydrogen) atoms. The van der Waals surface area contributed by atoms with Gasteiger partial charge in [-0.2, -0.15) is 5.10 Å². The number of benzene rings is 1. The van der Waals surface area contributed by atoms with Crippen LogP contribution in [0.2, 0.25) is 5.02 Å². The van der Waals surface area contributed by atoms with Crippen molar-refractivity contribution in [2.75, 3.05) is 18.6 Å². The normalized spacial score (nSPS) is 21.9. The first kappa shape index (κ1) is 19.8. The summed E-state index contributed by atoms with van der Waals surface area (Å²) in [6, 6.07) is 3.74. The van der Waals surface area contributed by atoms with Gasteiger partial charge in [-0.3, -0.25) is 9.59 Å². The number of carbonyl (C=O) groups is 2. The van der Waals surface area contributed by atoms with Gasteiger partial charge in [0.2, 0.25) is 5.91 Å². The number of rotatable bonds is 4. The maximum Gasteiger partial charge on any atom is 0.270 e. The first-order valence-corrected chi connectivity index (χ1v) is 10.7. The van der Waals surface area contributed by atoms with Gasteiger partial charge in [-0.25, -0.2) is 17.8 Å². The summed E-state index contributed by atoms with van der Waals surface area (Å²) in [5.74, 6) is -1.40. The minimum atomic E-state index is -3.19. The summed E-state index contributed by atoms with van der Waals surface area (Å²) in [6.07, 6.45) is 0.540. The lowest BCUT2D eigenvalue weighted by Gasteiger charge is -2.29. The molecule has 2 amide bonds. The predicted molar refractivity (Wildman–Crippen MR) is 98.5 cm³/mol. The maximum atomic E-state index is 13.9. The number of hydrazone groups is 1. The van der Waals surface area contributed by atoms with Gasteiger partial charge in [0.15, 0.2) is 9.84 Å². The van der Waals surface area contributed by atoms with Crippen molar-refractivity contribution in [3.05, 3.63) is 34.6 Å².